The minimum atomic E-state index is -2.20. The quantitative estimate of drug-likeness (QED) is 0.0173. The number of aliphatic hydroxyl groups is 4. The number of nitrogens with zero attached hydrogens (tertiary/aromatic N) is 23. The molecule has 14 rings (SSSR count). The summed E-state index contributed by atoms with van der Waals surface area (Å²) in [6.07, 6.45) is 7.57. The van der Waals surface area contributed by atoms with Crippen LogP contribution in [0.2, 0.25) is 0 Å². The fourth-order valence-corrected chi connectivity index (χ4v) is 14.1. The molecular weight excluding hydrogens is 1820 g/mol. The molecule has 0 saturated carbocycles. The van der Waals surface area contributed by atoms with E-state index in [1.807, 2.05) is 48.1 Å². The molecule has 41 nitrogen and oxygen atoms in total. The second kappa shape index (κ2) is 44.0. The highest BCUT2D eigenvalue weighted by Crippen LogP contribution is 2.68. The molecule has 1 aliphatic carbocycles. The zero-order valence-electron chi connectivity index (χ0n) is 68.1. The van der Waals surface area contributed by atoms with Crippen LogP contribution in [0.3, 0.4) is 0 Å². The summed E-state index contributed by atoms with van der Waals surface area (Å²) >= 11 is 11.5. The molecule has 9 N–H and O–H groups in total. The average molecular weight is 1930 g/mol. The highest BCUT2D eigenvalue weighted by molar-refractivity contribution is 9.94. The Morgan fingerprint density at radius 2 is 1.09 bits per heavy atom. The summed E-state index contributed by atoms with van der Waals surface area (Å²) in [5.41, 5.74) is 23.2. The third kappa shape index (κ3) is 26.4. The molecule has 646 valence electrons. The maximum atomic E-state index is 13.8. The SMILES string of the molecule is CC(O)Cn1nc([N+](=O)[O-])cc1CBr.CC(O)Cn1nc([N+](=O)[O-])cc1CO.CC1Cn2nc(N)cc2CN1C.CC1Cn2nc([N+](=O)[O-])cc2CN1C.CCc1c(-c2cc(Cc3cc4n(n3)CC(C)N(C)C4)c(=O)n(C)c2)ccnc1N1CCn2c(cc3c2CCCC3)C1=O.CN.CNCc1cc([N+](=O)[O-])nn1CC(C)O.O=P(Br)(Br)Br. The van der Waals surface area contributed by atoms with Gasteiger partial charge in [0.1, 0.15) is 17.3 Å². The van der Waals surface area contributed by atoms with Crippen LogP contribution in [-0.4, -0.2) is 212 Å². The molecule has 13 heterocycles. The van der Waals surface area contributed by atoms with Crippen LogP contribution in [0.5, 0.6) is 0 Å². The van der Waals surface area contributed by atoms with Gasteiger partial charge in [-0.1, -0.05) is 22.9 Å². The Kier molecular flexibility index (Phi) is 36.0. The summed E-state index contributed by atoms with van der Waals surface area (Å²) in [6, 6.07) is 17.1. The Bertz CT molecular complexity index is 4850. The van der Waals surface area contributed by atoms with E-state index < -0.39 is 41.3 Å². The number of aromatic nitrogens is 15. The molecule has 46 heteroatoms. The summed E-state index contributed by atoms with van der Waals surface area (Å²) in [5, 5.41) is 106. The van der Waals surface area contributed by atoms with Gasteiger partial charge in [0.2, 0.25) is 0 Å². The molecule has 0 radical (unpaired) electrons. The second-order valence-electron chi connectivity index (χ2n) is 29.0. The number of anilines is 2. The number of nitro groups is 4. The van der Waals surface area contributed by atoms with E-state index in [0.29, 0.717) is 71.4 Å². The number of hydrogen-bond donors (Lipinski definition) is 7. The van der Waals surface area contributed by atoms with Crippen LogP contribution in [0.1, 0.15) is 134 Å². The van der Waals surface area contributed by atoms with Crippen LogP contribution < -0.4 is 27.2 Å². The molecule has 0 spiro atoms. The molecule has 0 fully saturated rings. The van der Waals surface area contributed by atoms with Crippen molar-refractivity contribution in [1.29, 1.82) is 0 Å². The van der Waals surface area contributed by atoms with E-state index in [0.717, 1.165) is 105 Å². The number of aryl methyl sites for hydroxylation is 2. The lowest BCUT2D eigenvalue weighted by atomic mass is 9.97. The number of rotatable bonds is 19. The molecule has 0 aromatic carbocycles. The number of likely N-dealkylation sites (N-methyl/N-ethyl adjacent to an activating group) is 3. The van der Waals surface area contributed by atoms with Gasteiger partial charge in [0.05, 0.1) is 149 Å². The van der Waals surface area contributed by atoms with Crippen molar-refractivity contribution >= 4 is 106 Å². The van der Waals surface area contributed by atoms with Gasteiger partial charge in [0.25, 0.3) is 14.7 Å². The number of nitrogen functional groups attached to an aromatic ring is 1. The van der Waals surface area contributed by atoms with Crippen molar-refractivity contribution in [2.24, 2.45) is 12.8 Å². The fraction of sp³-hybridized carbons (Fsp3) is 0.542. The van der Waals surface area contributed by atoms with Crippen molar-refractivity contribution in [1.82, 2.24) is 92.8 Å². The Morgan fingerprint density at radius 3 is 1.58 bits per heavy atom. The van der Waals surface area contributed by atoms with Crippen molar-refractivity contribution in [2.75, 3.05) is 52.4 Å². The lowest BCUT2D eigenvalue weighted by molar-refractivity contribution is -0.390. The van der Waals surface area contributed by atoms with Crippen molar-refractivity contribution in [3.8, 4) is 11.1 Å². The van der Waals surface area contributed by atoms with Crippen molar-refractivity contribution in [3.05, 3.63) is 186 Å². The van der Waals surface area contributed by atoms with Gasteiger partial charge in [0, 0.05) is 158 Å². The number of alkyl halides is 1. The predicted octanol–water partition coefficient (Wildman–Crippen LogP) is 8.37. The molecule has 0 bridgehead atoms. The predicted molar refractivity (Wildman–Crippen MR) is 458 cm³/mol. The van der Waals surface area contributed by atoms with Crippen LogP contribution in [0.4, 0.5) is 34.9 Å². The van der Waals surface area contributed by atoms with E-state index in [9.17, 15) is 59.7 Å². The lowest BCUT2D eigenvalue weighted by Gasteiger charge is -2.31. The van der Waals surface area contributed by atoms with Crippen molar-refractivity contribution in [3.63, 3.8) is 0 Å². The van der Waals surface area contributed by atoms with Crippen LogP contribution in [0.15, 0.2) is 71.8 Å². The zero-order valence-corrected chi connectivity index (χ0v) is 75.4. The third-order valence-corrected chi connectivity index (χ3v) is 20.3. The van der Waals surface area contributed by atoms with Gasteiger partial charge < -0.3 is 86.8 Å². The summed E-state index contributed by atoms with van der Waals surface area (Å²) in [4.78, 5) is 80.1. The first-order valence-corrected chi connectivity index (χ1v) is 46.7. The first kappa shape index (κ1) is 96.4. The summed E-state index contributed by atoms with van der Waals surface area (Å²) < 4.78 is 21.6. The van der Waals surface area contributed by atoms with E-state index in [1.165, 1.54) is 81.7 Å². The Balaban J connectivity index is 0.000000210. The molecular formula is C72H105Br4N26O15P. The zero-order chi connectivity index (χ0) is 87.5. The summed E-state index contributed by atoms with van der Waals surface area (Å²) in [7, 11) is 11.3. The van der Waals surface area contributed by atoms with Crippen molar-refractivity contribution < 1.29 is 49.5 Å². The summed E-state index contributed by atoms with van der Waals surface area (Å²) in [6.45, 7) is 20.6. The average Bonchev–Trinajstić information content (AvgIpc) is 1.51. The van der Waals surface area contributed by atoms with E-state index in [4.69, 9.17) is 31.1 Å². The van der Waals surface area contributed by atoms with E-state index in [1.54, 1.807) is 42.4 Å². The monoisotopic (exact) mass is 1920 g/mol. The van der Waals surface area contributed by atoms with Gasteiger partial charge >= 0.3 is 23.3 Å². The minimum Gasteiger partial charge on any atom is -0.391 e. The van der Waals surface area contributed by atoms with Crippen LogP contribution >= 0.6 is 65.6 Å². The van der Waals surface area contributed by atoms with Crippen molar-refractivity contribution in [2.45, 2.75) is 207 Å². The highest BCUT2D eigenvalue weighted by Gasteiger charge is 2.34. The highest BCUT2D eigenvalue weighted by atomic mass is 80.0. The van der Waals surface area contributed by atoms with Gasteiger partial charge in [-0.2, -0.15) is 28.9 Å². The Morgan fingerprint density at radius 1 is 0.636 bits per heavy atom. The smallest absolute Gasteiger partial charge is 0.390 e. The molecule has 118 heavy (non-hydrogen) atoms. The van der Waals surface area contributed by atoms with E-state index >= 15 is 0 Å². The first-order valence-electron chi connectivity index (χ1n) is 37.9. The van der Waals surface area contributed by atoms with Gasteiger partial charge in [-0.15, -0.1) is 0 Å². The Labute approximate surface area is 713 Å². The molecule has 6 atom stereocenters. The third-order valence-electron chi connectivity index (χ3n) is 19.7. The number of pyridine rings is 2. The summed E-state index contributed by atoms with van der Waals surface area (Å²) in [5.74, 6) is 0.617. The fourth-order valence-electron chi connectivity index (χ4n) is 13.7. The lowest BCUT2D eigenvalue weighted by Crippen LogP contribution is -2.41. The number of aliphatic hydroxyl groups excluding tert-OH is 4. The first-order chi connectivity index (χ1) is 55.7. The number of carbonyl (C=O) groups excluding carboxylic acids is 1. The van der Waals surface area contributed by atoms with Gasteiger partial charge in [-0.05, 0) is 170 Å². The largest absolute Gasteiger partial charge is 0.391 e. The number of carbonyl (C=O) groups is 1. The maximum Gasteiger partial charge on any atom is 0.390 e. The second-order valence-corrected chi connectivity index (χ2v) is 47.9. The molecule has 0 saturated heterocycles. The molecule has 5 aliphatic rings. The number of amides is 1. The number of nitrogens with one attached hydrogen (secondary N) is 1. The number of hydrogen-bond acceptors (Lipinski definition) is 28. The normalized spacial score (nSPS) is 16.9. The topological polar surface area (TPSA) is 511 Å². The molecule has 1 amide bonds. The molecule has 9 aromatic heterocycles. The molecule has 6 unspecified atom stereocenters. The van der Waals surface area contributed by atoms with Gasteiger partial charge in [0.15, 0.2) is 0 Å². The maximum absolute atomic E-state index is 13.8. The minimum absolute atomic E-state index is 0.0153. The van der Waals surface area contributed by atoms with Gasteiger partial charge in [-0.3, -0.25) is 43.1 Å². The van der Waals surface area contributed by atoms with Crippen LogP contribution in [0, 0.1) is 40.5 Å². The number of nitrogens with two attached hydrogens (primary N) is 2. The standard InChI is InChI=1S/C33H39N7O2.C8H14N4O3.C8H12N4O2.C8H14N4.C7H10BrN3O3.C7H11N3O4.CH5N.Br3OP/c1-5-27-28(10-11-34-31(27)39-13-12-38-29-9-7-6-8-22(29)16-30(38)33(39)42)24-14-23(32(41)37(4)19-24)15-25-17-26-20-36(3)21(2)18-40(26)35-25;1-6(13)5-11-7(4-9-2)3-8(10-11)12(14)15;1-6-4-11-7(5-10(6)2)3-8(9-11)12(13)14;1-6-4-12-7(5-11(6)2)3-8(9)10-12;1-5(12)4-10-6(3-8)2-7(9-10)11(13)14;1-5(12)3-9-6(4-11)2-7(8-9)10(13)14;1-2;1-5(2,3)4/h10-11,14,16-17,19,21H,5-9,12-13,15,18,20H2,1-4H3;3,6,9,13H,4-5H2,1-2H3;3,6H,4-5H2,1-2H3;3,6H,4-5H2,1-2H3,(H2,9,10);2,5,12H,3-4H2,1H3;2,5,11-12H,3-4H2,1H3;2H2,1H3;. The van der Waals surface area contributed by atoms with Crippen LogP contribution in [0.25, 0.3) is 11.1 Å². The van der Waals surface area contributed by atoms with Crippen LogP contribution in [-0.2, 0) is 121 Å². The number of fused-ring (bicyclic) bond motifs is 6. The van der Waals surface area contributed by atoms with Gasteiger partial charge in [-0.25, -0.2) is 4.98 Å². The molecule has 4 aliphatic heterocycles. The number of halogens is 4. The van der Waals surface area contributed by atoms with E-state index in [-0.39, 0.29) is 61.0 Å². The van der Waals surface area contributed by atoms with E-state index in [2.05, 4.69) is 177 Å². The molecule has 9 aromatic rings. The Hall–Kier alpha value is -8.70.